The molecule has 0 aromatic rings. The van der Waals surface area contributed by atoms with Crippen LogP contribution in [-0.4, -0.2) is 36.5 Å². The van der Waals surface area contributed by atoms with Gasteiger partial charge in [-0.3, -0.25) is 4.79 Å². The third kappa shape index (κ3) is 4.49. The summed E-state index contributed by atoms with van der Waals surface area (Å²) in [6.45, 7) is 7.77. The van der Waals surface area contributed by atoms with Crippen molar-refractivity contribution in [2.45, 2.75) is 45.6 Å². The normalized spacial score (nSPS) is 23.7. The maximum Gasteiger partial charge on any atom is 0.234 e. The minimum absolute atomic E-state index is 0.393. The zero-order chi connectivity index (χ0) is 12.2. The van der Waals surface area contributed by atoms with Gasteiger partial charge in [0.2, 0.25) is 5.91 Å². The van der Waals surface area contributed by atoms with Gasteiger partial charge in [-0.25, -0.2) is 0 Å². The minimum atomic E-state index is -0.490. The fourth-order valence-corrected chi connectivity index (χ4v) is 2.17. The van der Waals surface area contributed by atoms with E-state index in [0.717, 1.165) is 19.6 Å². The summed E-state index contributed by atoms with van der Waals surface area (Å²) in [5.74, 6) is -0.393. The van der Waals surface area contributed by atoms with E-state index < -0.39 is 11.9 Å². The molecule has 1 rings (SSSR count). The number of hydrogen-bond donors (Lipinski definition) is 2. The van der Waals surface area contributed by atoms with Crippen LogP contribution in [0.2, 0.25) is 0 Å². The Hall–Kier alpha value is -0.610. The molecule has 4 N–H and O–H groups in total. The van der Waals surface area contributed by atoms with Gasteiger partial charge in [0.05, 0.1) is 6.04 Å². The molecule has 4 heteroatoms. The highest BCUT2D eigenvalue weighted by Crippen LogP contribution is 2.29. The molecule has 1 saturated heterocycles. The van der Waals surface area contributed by atoms with E-state index in [-0.39, 0.29) is 0 Å². The Labute approximate surface area is 98.3 Å². The van der Waals surface area contributed by atoms with Crippen molar-refractivity contribution in [3.8, 4) is 0 Å². The average molecular weight is 227 g/mol. The molecule has 0 spiro atoms. The van der Waals surface area contributed by atoms with Crippen molar-refractivity contribution < 1.29 is 4.79 Å². The van der Waals surface area contributed by atoms with Crippen LogP contribution in [-0.2, 0) is 4.79 Å². The van der Waals surface area contributed by atoms with E-state index in [0.29, 0.717) is 11.8 Å². The summed E-state index contributed by atoms with van der Waals surface area (Å²) in [6.07, 6.45) is 4.42. The van der Waals surface area contributed by atoms with Gasteiger partial charge in [-0.05, 0) is 44.2 Å². The first kappa shape index (κ1) is 13.5. The van der Waals surface area contributed by atoms with Crippen LogP contribution in [0.1, 0.15) is 39.5 Å². The van der Waals surface area contributed by atoms with Crippen LogP contribution in [0.3, 0.4) is 0 Å². The number of rotatable bonds is 4. The lowest BCUT2D eigenvalue weighted by atomic mass is 9.85. The number of amides is 1. The molecule has 0 saturated carbocycles. The van der Waals surface area contributed by atoms with Crippen molar-refractivity contribution in [1.82, 2.24) is 4.90 Å². The summed E-state index contributed by atoms with van der Waals surface area (Å²) < 4.78 is 0. The number of hydrogen-bond acceptors (Lipinski definition) is 3. The van der Waals surface area contributed by atoms with E-state index in [1.165, 1.54) is 19.3 Å². The molecule has 0 aromatic carbocycles. The first-order valence-electron chi connectivity index (χ1n) is 6.18. The summed E-state index contributed by atoms with van der Waals surface area (Å²) >= 11 is 0. The minimum Gasteiger partial charge on any atom is -0.368 e. The molecular weight excluding hydrogens is 202 g/mol. The fraction of sp³-hybridized carbons (Fsp3) is 0.917. The Morgan fingerprint density at radius 1 is 1.38 bits per heavy atom. The number of carbonyl (C=O) groups is 1. The van der Waals surface area contributed by atoms with Crippen LogP contribution in [0.5, 0.6) is 0 Å². The highest BCUT2D eigenvalue weighted by molar-refractivity contribution is 5.79. The van der Waals surface area contributed by atoms with Crippen LogP contribution in [0.15, 0.2) is 0 Å². The Morgan fingerprint density at radius 2 is 2.06 bits per heavy atom. The molecule has 1 fully saturated rings. The molecule has 0 aliphatic carbocycles. The Morgan fingerprint density at radius 3 is 2.69 bits per heavy atom. The second-order valence-electron chi connectivity index (χ2n) is 5.66. The molecular formula is C12H25N3O. The number of likely N-dealkylation sites (tertiary alicyclic amines) is 1. The zero-order valence-electron chi connectivity index (χ0n) is 10.5. The number of carbonyl (C=O) groups excluding carboxylic acids is 1. The van der Waals surface area contributed by atoms with E-state index in [2.05, 4.69) is 18.7 Å². The predicted octanol–water partition coefficient (Wildman–Crippen LogP) is 0.701. The van der Waals surface area contributed by atoms with Crippen LogP contribution in [0, 0.1) is 5.41 Å². The molecule has 1 unspecified atom stereocenters. The third-order valence-electron chi connectivity index (χ3n) is 3.55. The van der Waals surface area contributed by atoms with Gasteiger partial charge < -0.3 is 16.4 Å². The Balaban J connectivity index is 2.30. The van der Waals surface area contributed by atoms with Gasteiger partial charge in [-0.1, -0.05) is 13.8 Å². The summed E-state index contributed by atoms with van der Waals surface area (Å²) in [4.78, 5) is 13.2. The van der Waals surface area contributed by atoms with Crippen molar-refractivity contribution in [3.05, 3.63) is 0 Å². The summed E-state index contributed by atoms with van der Waals surface area (Å²) in [5.41, 5.74) is 11.2. The first-order chi connectivity index (χ1) is 7.41. The lowest BCUT2D eigenvalue weighted by Gasteiger charge is -2.23. The van der Waals surface area contributed by atoms with Crippen LogP contribution in [0.4, 0.5) is 0 Å². The fourth-order valence-electron chi connectivity index (χ4n) is 2.17. The lowest BCUT2D eigenvalue weighted by Crippen LogP contribution is -2.40. The van der Waals surface area contributed by atoms with Gasteiger partial charge in [0, 0.05) is 6.54 Å². The maximum absolute atomic E-state index is 10.8. The number of primary amides is 1. The van der Waals surface area contributed by atoms with Crippen LogP contribution in [0.25, 0.3) is 0 Å². The molecule has 1 aliphatic heterocycles. The molecule has 1 aliphatic rings. The molecule has 16 heavy (non-hydrogen) atoms. The van der Waals surface area contributed by atoms with Gasteiger partial charge >= 0.3 is 0 Å². The average Bonchev–Trinajstić information content (AvgIpc) is 2.36. The van der Waals surface area contributed by atoms with E-state index in [1.54, 1.807) is 0 Å². The quantitative estimate of drug-likeness (QED) is 0.742. The molecule has 1 amide bonds. The van der Waals surface area contributed by atoms with Crippen LogP contribution >= 0.6 is 0 Å². The first-order valence-corrected chi connectivity index (χ1v) is 6.18. The lowest BCUT2D eigenvalue weighted by molar-refractivity contribution is -0.119. The standard InChI is InChI=1S/C12H25N3O/c1-12(2)5-3-7-15(9-6-12)8-4-10(13)11(14)16/h10H,3-9,13H2,1-2H3,(H2,14,16). The van der Waals surface area contributed by atoms with Crippen molar-refractivity contribution >= 4 is 5.91 Å². The summed E-state index contributed by atoms with van der Waals surface area (Å²) in [5, 5.41) is 0. The molecule has 94 valence electrons. The van der Waals surface area contributed by atoms with E-state index >= 15 is 0 Å². The molecule has 4 nitrogen and oxygen atoms in total. The SMILES string of the molecule is CC1(C)CCCN(CCC(N)C(N)=O)CC1. The molecule has 1 heterocycles. The highest BCUT2D eigenvalue weighted by Gasteiger charge is 2.23. The molecule has 1 atom stereocenters. The van der Waals surface area contributed by atoms with Crippen molar-refractivity contribution in [2.75, 3.05) is 19.6 Å². The number of nitrogens with two attached hydrogens (primary N) is 2. The van der Waals surface area contributed by atoms with Gasteiger partial charge in [-0.2, -0.15) is 0 Å². The smallest absolute Gasteiger partial charge is 0.234 e. The summed E-state index contributed by atoms with van der Waals surface area (Å²) in [6, 6.07) is -0.490. The Bertz CT molecular complexity index is 240. The predicted molar refractivity (Wildman–Crippen MR) is 65.9 cm³/mol. The largest absolute Gasteiger partial charge is 0.368 e. The van der Waals surface area contributed by atoms with Gasteiger partial charge in [0.15, 0.2) is 0 Å². The van der Waals surface area contributed by atoms with E-state index in [9.17, 15) is 4.79 Å². The van der Waals surface area contributed by atoms with Gasteiger partial charge in [0.1, 0.15) is 0 Å². The summed E-state index contributed by atoms with van der Waals surface area (Å²) in [7, 11) is 0. The maximum atomic E-state index is 10.8. The zero-order valence-corrected chi connectivity index (χ0v) is 10.5. The van der Waals surface area contributed by atoms with Gasteiger partial charge in [-0.15, -0.1) is 0 Å². The third-order valence-corrected chi connectivity index (χ3v) is 3.55. The van der Waals surface area contributed by atoms with E-state index in [1.807, 2.05) is 0 Å². The van der Waals surface area contributed by atoms with Crippen LogP contribution < -0.4 is 11.5 Å². The molecule has 0 aromatic heterocycles. The monoisotopic (exact) mass is 227 g/mol. The highest BCUT2D eigenvalue weighted by atomic mass is 16.1. The second-order valence-corrected chi connectivity index (χ2v) is 5.66. The number of nitrogens with zero attached hydrogens (tertiary/aromatic N) is 1. The molecule has 0 bridgehead atoms. The Kier molecular flexibility index (Phi) is 4.74. The topological polar surface area (TPSA) is 72.3 Å². The van der Waals surface area contributed by atoms with Crippen molar-refractivity contribution in [1.29, 1.82) is 0 Å². The molecule has 0 radical (unpaired) electrons. The van der Waals surface area contributed by atoms with Crippen molar-refractivity contribution in [3.63, 3.8) is 0 Å². The van der Waals surface area contributed by atoms with Gasteiger partial charge in [0.25, 0.3) is 0 Å². The van der Waals surface area contributed by atoms with E-state index in [4.69, 9.17) is 11.5 Å². The second kappa shape index (κ2) is 5.64. The van der Waals surface area contributed by atoms with Crippen molar-refractivity contribution in [2.24, 2.45) is 16.9 Å².